The Morgan fingerprint density at radius 3 is 2.08 bits per heavy atom. The van der Waals surface area contributed by atoms with Gasteiger partial charge in [-0.3, -0.25) is 9.11 Å². The first-order chi connectivity index (χ1) is 17.4. The minimum Gasteiger partial charge on any atom is -0.505 e. The first-order valence-corrected chi connectivity index (χ1v) is 13.3. The number of nitrogens with zero attached hydrogens (tertiary/aromatic N) is 4. The summed E-state index contributed by atoms with van der Waals surface area (Å²) in [5.74, 6) is -0.686. The highest BCUT2D eigenvalue weighted by molar-refractivity contribution is 7.86. The van der Waals surface area contributed by atoms with Gasteiger partial charge in [0, 0.05) is 0 Å². The van der Waals surface area contributed by atoms with Gasteiger partial charge in [0.15, 0.2) is 5.75 Å². The van der Waals surface area contributed by atoms with Crippen LogP contribution in [0.3, 0.4) is 0 Å². The zero-order chi connectivity index (χ0) is 27.0. The lowest BCUT2D eigenvalue weighted by molar-refractivity contribution is 0.472. The van der Waals surface area contributed by atoms with Gasteiger partial charge in [0.05, 0.1) is 16.8 Å². The van der Waals surface area contributed by atoms with Gasteiger partial charge in [0.2, 0.25) is 0 Å². The first kappa shape index (κ1) is 25.8. The Bertz CT molecular complexity index is 1820. The standard InChI is InChI=1S/C23H19N5O7S2/c1-13-5-4-6-15(11-13)25-28-22-19(37(33,34)35)12-14-9-10-17(21(24)20(14)23(22)29)27-26-16-7-2-3-8-18(16)36(30,31)32/h2-12,29H,24H2,1H3,(H,30,31,32)(H,33,34,35). The van der Waals surface area contributed by atoms with Gasteiger partial charge in [-0.05, 0) is 54.3 Å². The Balaban J connectivity index is 1.89. The number of phenolic OH excluding ortho intramolecular Hbond substituents is 1. The molecule has 0 spiro atoms. The smallest absolute Gasteiger partial charge is 0.296 e. The van der Waals surface area contributed by atoms with Gasteiger partial charge < -0.3 is 10.8 Å². The van der Waals surface area contributed by atoms with Crippen LogP contribution in [0, 0.1) is 6.92 Å². The summed E-state index contributed by atoms with van der Waals surface area (Å²) in [6.07, 6.45) is 0. The maximum Gasteiger partial charge on any atom is 0.296 e. The van der Waals surface area contributed by atoms with Crippen molar-refractivity contribution in [3.8, 4) is 5.75 Å². The van der Waals surface area contributed by atoms with E-state index in [1.807, 2.05) is 13.0 Å². The second-order valence-electron chi connectivity index (χ2n) is 7.83. The lowest BCUT2D eigenvalue weighted by Gasteiger charge is -2.12. The molecular weight excluding hydrogens is 522 g/mol. The lowest BCUT2D eigenvalue weighted by Crippen LogP contribution is -2.00. The molecule has 190 valence electrons. The van der Waals surface area contributed by atoms with Crippen LogP contribution in [-0.2, 0) is 20.2 Å². The summed E-state index contributed by atoms with van der Waals surface area (Å²) in [7, 11) is -9.40. The Hall–Kier alpha value is -4.24. The molecule has 0 aliphatic carbocycles. The predicted molar refractivity (Wildman–Crippen MR) is 136 cm³/mol. The van der Waals surface area contributed by atoms with E-state index in [1.54, 1.807) is 18.2 Å². The van der Waals surface area contributed by atoms with E-state index in [0.29, 0.717) is 5.69 Å². The Kier molecular flexibility index (Phi) is 6.75. The number of hydrogen-bond donors (Lipinski definition) is 4. The zero-order valence-corrected chi connectivity index (χ0v) is 20.6. The maximum atomic E-state index is 12.0. The maximum absolute atomic E-state index is 12.0. The fourth-order valence-electron chi connectivity index (χ4n) is 3.50. The number of azo groups is 2. The summed E-state index contributed by atoms with van der Waals surface area (Å²) in [4.78, 5) is -1.16. The average Bonchev–Trinajstić information content (AvgIpc) is 2.81. The molecule has 0 saturated carbocycles. The van der Waals surface area contributed by atoms with Crippen molar-refractivity contribution in [1.29, 1.82) is 0 Å². The minimum atomic E-state index is -4.83. The van der Waals surface area contributed by atoms with Crippen molar-refractivity contribution in [3.63, 3.8) is 0 Å². The third-order valence-corrected chi connectivity index (χ3v) is 6.96. The van der Waals surface area contributed by atoms with E-state index in [4.69, 9.17) is 5.73 Å². The zero-order valence-electron chi connectivity index (χ0n) is 19.0. The molecule has 0 aliphatic heterocycles. The molecule has 37 heavy (non-hydrogen) atoms. The number of aromatic hydroxyl groups is 1. The molecule has 0 saturated heterocycles. The van der Waals surface area contributed by atoms with Gasteiger partial charge in [-0.1, -0.05) is 30.3 Å². The van der Waals surface area contributed by atoms with Crippen molar-refractivity contribution in [2.75, 3.05) is 5.73 Å². The van der Waals surface area contributed by atoms with Gasteiger partial charge in [0.25, 0.3) is 20.2 Å². The number of phenols is 1. The van der Waals surface area contributed by atoms with Gasteiger partial charge in [0.1, 0.15) is 26.9 Å². The Labute approximate surface area is 211 Å². The first-order valence-electron chi connectivity index (χ1n) is 10.4. The molecule has 0 aliphatic rings. The van der Waals surface area contributed by atoms with Crippen LogP contribution >= 0.6 is 0 Å². The van der Waals surface area contributed by atoms with Crippen LogP contribution in [0.2, 0.25) is 0 Å². The van der Waals surface area contributed by atoms with E-state index in [-0.39, 0.29) is 27.8 Å². The fourth-order valence-corrected chi connectivity index (χ4v) is 4.78. The van der Waals surface area contributed by atoms with E-state index >= 15 is 0 Å². The highest BCUT2D eigenvalue weighted by atomic mass is 32.2. The molecular formula is C23H19N5O7S2. The largest absolute Gasteiger partial charge is 0.505 e. The van der Waals surface area contributed by atoms with Crippen LogP contribution in [0.25, 0.3) is 10.8 Å². The number of nitrogen functional groups attached to an aromatic ring is 1. The van der Waals surface area contributed by atoms with Gasteiger partial charge in [-0.15, -0.1) is 15.3 Å². The van der Waals surface area contributed by atoms with Crippen LogP contribution in [0.1, 0.15) is 5.56 Å². The lowest BCUT2D eigenvalue weighted by atomic mass is 10.1. The summed E-state index contributed by atoms with van der Waals surface area (Å²) < 4.78 is 66.4. The van der Waals surface area contributed by atoms with Gasteiger partial charge >= 0.3 is 0 Å². The number of hydrogen-bond acceptors (Lipinski definition) is 10. The van der Waals surface area contributed by atoms with Crippen molar-refractivity contribution in [1.82, 2.24) is 0 Å². The average molecular weight is 542 g/mol. The van der Waals surface area contributed by atoms with Gasteiger partial charge in [-0.2, -0.15) is 21.9 Å². The predicted octanol–water partition coefficient (Wildman–Crippen LogP) is 5.76. The van der Waals surface area contributed by atoms with E-state index < -0.39 is 41.5 Å². The third-order valence-electron chi connectivity index (χ3n) is 5.19. The van der Waals surface area contributed by atoms with Gasteiger partial charge in [-0.25, -0.2) is 0 Å². The van der Waals surface area contributed by atoms with Crippen LogP contribution in [0.5, 0.6) is 5.75 Å². The molecule has 0 heterocycles. The number of benzene rings is 4. The second-order valence-corrected chi connectivity index (χ2v) is 10.6. The summed E-state index contributed by atoms with van der Waals surface area (Å²) in [6, 6.07) is 15.9. The molecule has 14 heteroatoms. The molecule has 0 aromatic heterocycles. The van der Waals surface area contributed by atoms with Crippen molar-refractivity contribution in [2.24, 2.45) is 20.5 Å². The highest BCUT2D eigenvalue weighted by Gasteiger charge is 2.24. The molecule has 0 atom stereocenters. The minimum absolute atomic E-state index is 0.00545. The molecule has 0 fully saturated rings. The molecule has 4 aromatic carbocycles. The van der Waals surface area contributed by atoms with Crippen molar-refractivity contribution in [2.45, 2.75) is 16.7 Å². The van der Waals surface area contributed by atoms with E-state index in [9.17, 15) is 31.0 Å². The summed E-state index contributed by atoms with van der Waals surface area (Å²) in [5, 5.41) is 26.7. The Morgan fingerprint density at radius 2 is 1.41 bits per heavy atom. The quantitative estimate of drug-likeness (QED) is 0.134. The van der Waals surface area contributed by atoms with Crippen molar-refractivity contribution < 1.29 is 31.0 Å². The monoisotopic (exact) mass is 541 g/mol. The number of rotatable bonds is 6. The third kappa shape index (κ3) is 5.46. The van der Waals surface area contributed by atoms with E-state index in [1.165, 1.54) is 30.3 Å². The van der Waals surface area contributed by atoms with Crippen LogP contribution < -0.4 is 5.73 Å². The van der Waals surface area contributed by atoms with E-state index in [0.717, 1.165) is 17.7 Å². The van der Waals surface area contributed by atoms with Crippen LogP contribution in [0.15, 0.2) is 97.0 Å². The highest BCUT2D eigenvalue weighted by Crippen LogP contribution is 2.46. The van der Waals surface area contributed by atoms with Crippen molar-refractivity contribution in [3.05, 3.63) is 72.3 Å². The summed E-state index contributed by atoms with van der Waals surface area (Å²) in [5.41, 5.74) is 6.57. The fraction of sp³-hybridized carbons (Fsp3) is 0.0435. The SMILES string of the molecule is Cc1cccc(N=Nc2c(S(=O)(=O)O)cc3ccc(N=Nc4ccccc4S(=O)(=O)O)c(N)c3c2O)c1. The number of fused-ring (bicyclic) bond motifs is 1. The summed E-state index contributed by atoms with van der Waals surface area (Å²) in [6.45, 7) is 1.82. The molecule has 4 rings (SSSR count). The molecule has 0 unspecified atom stereocenters. The second kappa shape index (κ2) is 9.67. The van der Waals surface area contributed by atoms with E-state index in [2.05, 4.69) is 20.5 Å². The normalized spacial score (nSPS) is 12.6. The number of nitrogens with two attached hydrogens (primary N) is 1. The number of aryl methyl sites for hydroxylation is 1. The van der Waals surface area contributed by atoms with Crippen LogP contribution in [-0.4, -0.2) is 31.0 Å². The van der Waals surface area contributed by atoms with Crippen LogP contribution in [0.4, 0.5) is 28.4 Å². The Morgan fingerprint density at radius 1 is 0.730 bits per heavy atom. The van der Waals surface area contributed by atoms with Crippen molar-refractivity contribution >= 4 is 59.4 Å². The summed E-state index contributed by atoms with van der Waals surface area (Å²) >= 11 is 0. The number of anilines is 1. The molecule has 0 amide bonds. The topological polar surface area (TPSA) is 204 Å². The molecule has 12 nitrogen and oxygen atoms in total. The molecule has 4 aromatic rings. The molecule has 5 N–H and O–H groups in total. The molecule has 0 radical (unpaired) electrons. The molecule has 0 bridgehead atoms.